The van der Waals surface area contributed by atoms with Crippen LogP contribution in [0.25, 0.3) is 0 Å². The van der Waals surface area contributed by atoms with E-state index in [1.807, 2.05) is 6.92 Å². The molecule has 3 N–H and O–H groups in total. The highest BCUT2D eigenvalue weighted by Crippen LogP contribution is 1.98. The van der Waals surface area contributed by atoms with Crippen molar-refractivity contribution in [2.24, 2.45) is 5.73 Å². The molecule has 1 aromatic rings. The predicted octanol–water partition coefficient (Wildman–Crippen LogP) is 0.647. The highest BCUT2D eigenvalue weighted by molar-refractivity contribution is 4.92. The van der Waals surface area contributed by atoms with Crippen molar-refractivity contribution in [2.45, 2.75) is 39.2 Å². The quantitative estimate of drug-likeness (QED) is 0.693. The molecule has 1 aromatic heterocycles. The summed E-state index contributed by atoms with van der Waals surface area (Å²) < 4.78 is 0. The summed E-state index contributed by atoms with van der Waals surface area (Å²) in [5.74, 6) is 1.79. The Labute approximate surface area is 72.6 Å². The lowest BCUT2D eigenvalue weighted by Gasteiger charge is -1.98. The van der Waals surface area contributed by atoms with Gasteiger partial charge in [0.25, 0.3) is 0 Å². The number of nitrogens with one attached hydrogen (secondary N) is 1. The average molecular weight is 168 g/mol. The van der Waals surface area contributed by atoms with Crippen molar-refractivity contribution in [3.63, 3.8) is 0 Å². The first-order valence-electron chi connectivity index (χ1n) is 4.38. The molecule has 0 fully saturated rings. The summed E-state index contributed by atoms with van der Waals surface area (Å²) in [7, 11) is 0. The Balaban J connectivity index is 2.52. The molecule has 0 saturated heterocycles. The van der Waals surface area contributed by atoms with Crippen LogP contribution in [0.3, 0.4) is 0 Å². The minimum atomic E-state index is 0.146. The lowest BCUT2D eigenvalue weighted by atomic mass is 10.2. The molecule has 0 aliphatic rings. The molecule has 1 rings (SSSR count). The summed E-state index contributed by atoms with van der Waals surface area (Å²) in [5, 5.41) is 6.95. The molecular weight excluding hydrogens is 152 g/mol. The molecule has 0 spiro atoms. The number of aryl methyl sites for hydroxylation is 1. The highest BCUT2D eigenvalue weighted by Gasteiger charge is 2.03. The van der Waals surface area contributed by atoms with E-state index >= 15 is 0 Å². The van der Waals surface area contributed by atoms with Crippen LogP contribution >= 0.6 is 0 Å². The number of hydrogen-bond acceptors (Lipinski definition) is 3. The number of aromatic amines is 1. The van der Waals surface area contributed by atoms with Gasteiger partial charge in [-0.05, 0) is 13.3 Å². The maximum Gasteiger partial charge on any atom is 0.150 e. The van der Waals surface area contributed by atoms with Gasteiger partial charge in [0, 0.05) is 18.9 Å². The van der Waals surface area contributed by atoms with Crippen LogP contribution in [-0.2, 0) is 12.8 Å². The predicted molar refractivity (Wildman–Crippen MR) is 47.7 cm³/mol. The van der Waals surface area contributed by atoms with Gasteiger partial charge in [0.05, 0.1) is 0 Å². The molecule has 0 aromatic carbocycles. The first-order chi connectivity index (χ1) is 5.72. The molecule has 1 heterocycles. The third-order valence-corrected chi connectivity index (χ3v) is 1.57. The van der Waals surface area contributed by atoms with Crippen molar-refractivity contribution in [2.75, 3.05) is 0 Å². The lowest BCUT2D eigenvalue weighted by Crippen LogP contribution is -2.18. The third kappa shape index (κ3) is 2.62. The maximum atomic E-state index is 5.62. The first-order valence-corrected chi connectivity index (χ1v) is 4.38. The van der Waals surface area contributed by atoms with Gasteiger partial charge in [-0.2, -0.15) is 5.10 Å². The van der Waals surface area contributed by atoms with Crippen LogP contribution in [0.1, 0.15) is 31.9 Å². The summed E-state index contributed by atoms with van der Waals surface area (Å²) in [4.78, 5) is 4.29. The number of nitrogens with zero attached hydrogens (tertiary/aromatic N) is 2. The van der Waals surface area contributed by atoms with E-state index < -0.39 is 0 Å². The Morgan fingerprint density at radius 3 is 2.92 bits per heavy atom. The second-order valence-corrected chi connectivity index (χ2v) is 3.13. The smallest absolute Gasteiger partial charge is 0.150 e. The minimum Gasteiger partial charge on any atom is -0.328 e. The molecule has 1 atom stereocenters. The molecule has 68 valence electrons. The molecule has 1 unspecified atom stereocenters. The number of aromatic nitrogens is 3. The van der Waals surface area contributed by atoms with Crippen LogP contribution in [-0.4, -0.2) is 21.2 Å². The molecule has 0 bridgehead atoms. The van der Waals surface area contributed by atoms with Crippen molar-refractivity contribution in [1.82, 2.24) is 15.2 Å². The van der Waals surface area contributed by atoms with Gasteiger partial charge in [0.15, 0.2) is 5.82 Å². The van der Waals surface area contributed by atoms with Crippen LogP contribution in [0.15, 0.2) is 0 Å². The SMILES string of the molecule is CCCc1n[nH]c(CC(C)N)n1. The topological polar surface area (TPSA) is 67.6 Å². The van der Waals surface area contributed by atoms with Crippen LogP contribution in [0.4, 0.5) is 0 Å². The zero-order valence-corrected chi connectivity index (χ0v) is 7.67. The molecule has 0 aliphatic carbocycles. The van der Waals surface area contributed by atoms with Gasteiger partial charge in [-0.3, -0.25) is 5.10 Å². The largest absolute Gasteiger partial charge is 0.328 e. The number of H-pyrrole nitrogens is 1. The molecule has 0 radical (unpaired) electrons. The number of hydrogen-bond donors (Lipinski definition) is 2. The fraction of sp³-hybridized carbons (Fsp3) is 0.750. The summed E-state index contributed by atoms with van der Waals surface area (Å²) in [5.41, 5.74) is 5.62. The van der Waals surface area contributed by atoms with E-state index in [-0.39, 0.29) is 6.04 Å². The van der Waals surface area contributed by atoms with Crippen LogP contribution in [0, 0.1) is 0 Å². The van der Waals surface area contributed by atoms with E-state index in [1.54, 1.807) is 0 Å². The Hall–Kier alpha value is -0.900. The summed E-state index contributed by atoms with van der Waals surface area (Å²) >= 11 is 0. The van der Waals surface area contributed by atoms with Crippen molar-refractivity contribution in [3.05, 3.63) is 11.6 Å². The maximum absolute atomic E-state index is 5.62. The first kappa shape index (κ1) is 9.19. The molecular formula is C8H16N4. The van der Waals surface area contributed by atoms with Gasteiger partial charge in [-0.15, -0.1) is 0 Å². The van der Waals surface area contributed by atoms with Gasteiger partial charge >= 0.3 is 0 Å². The molecule has 12 heavy (non-hydrogen) atoms. The minimum absolute atomic E-state index is 0.146. The summed E-state index contributed by atoms with van der Waals surface area (Å²) in [6.07, 6.45) is 2.79. The van der Waals surface area contributed by atoms with Crippen molar-refractivity contribution in [3.8, 4) is 0 Å². The zero-order chi connectivity index (χ0) is 8.97. The van der Waals surface area contributed by atoms with Gasteiger partial charge in [-0.1, -0.05) is 6.92 Å². The molecule has 0 aliphatic heterocycles. The van der Waals surface area contributed by atoms with E-state index in [9.17, 15) is 0 Å². The lowest BCUT2D eigenvalue weighted by molar-refractivity contribution is 0.704. The van der Waals surface area contributed by atoms with Crippen LogP contribution in [0.5, 0.6) is 0 Å². The average Bonchev–Trinajstić information content (AvgIpc) is 2.36. The van der Waals surface area contributed by atoms with Crippen LogP contribution < -0.4 is 5.73 Å². The highest BCUT2D eigenvalue weighted by atomic mass is 15.2. The summed E-state index contributed by atoms with van der Waals surface area (Å²) in [6.45, 7) is 4.07. The van der Waals surface area contributed by atoms with E-state index in [0.29, 0.717) is 0 Å². The van der Waals surface area contributed by atoms with Crippen molar-refractivity contribution in [1.29, 1.82) is 0 Å². The monoisotopic (exact) mass is 168 g/mol. The standard InChI is InChI=1S/C8H16N4/c1-3-4-7-10-8(12-11-7)5-6(2)9/h6H,3-5,9H2,1-2H3,(H,10,11,12). The second kappa shape index (κ2) is 4.21. The summed E-state index contributed by atoms with van der Waals surface area (Å²) in [6, 6.07) is 0.146. The molecule has 0 amide bonds. The Morgan fingerprint density at radius 1 is 1.58 bits per heavy atom. The number of nitrogens with two attached hydrogens (primary N) is 1. The van der Waals surface area contributed by atoms with E-state index in [1.165, 1.54) is 0 Å². The zero-order valence-electron chi connectivity index (χ0n) is 7.67. The number of rotatable bonds is 4. The van der Waals surface area contributed by atoms with E-state index in [4.69, 9.17) is 5.73 Å². The molecule has 4 nitrogen and oxygen atoms in total. The second-order valence-electron chi connectivity index (χ2n) is 3.13. The third-order valence-electron chi connectivity index (χ3n) is 1.57. The van der Waals surface area contributed by atoms with Crippen molar-refractivity contribution >= 4 is 0 Å². The Morgan fingerprint density at radius 2 is 2.33 bits per heavy atom. The van der Waals surface area contributed by atoms with Gasteiger partial charge in [0.2, 0.25) is 0 Å². The fourth-order valence-corrected chi connectivity index (χ4v) is 1.07. The van der Waals surface area contributed by atoms with Crippen molar-refractivity contribution < 1.29 is 0 Å². The van der Waals surface area contributed by atoms with Gasteiger partial charge in [-0.25, -0.2) is 4.98 Å². The fourth-order valence-electron chi connectivity index (χ4n) is 1.07. The van der Waals surface area contributed by atoms with Gasteiger partial charge in [0.1, 0.15) is 5.82 Å². The Kier molecular flexibility index (Phi) is 3.22. The van der Waals surface area contributed by atoms with E-state index in [0.717, 1.165) is 30.9 Å². The van der Waals surface area contributed by atoms with Crippen LogP contribution in [0.2, 0.25) is 0 Å². The Bertz CT molecular complexity index is 229. The molecule has 4 heteroatoms. The van der Waals surface area contributed by atoms with E-state index in [2.05, 4.69) is 22.1 Å². The van der Waals surface area contributed by atoms with Gasteiger partial charge < -0.3 is 5.73 Å². The molecule has 0 saturated carbocycles. The normalized spacial score (nSPS) is 13.2.